The minimum Gasteiger partial charge on any atom is -0.497 e. The number of nitrogens with zero attached hydrogens (tertiary/aromatic N) is 2. The molecule has 0 unspecified atom stereocenters. The smallest absolute Gasteiger partial charge is 0.137 e. The van der Waals surface area contributed by atoms with Crippen molar-refractivity contribution >= 4 is 28.9 Å². The average molecular weight is 385 g/mol. The van der Waals surface area contributed by atoms with Crippen molar-refractivity contribution in [1.29, 1.82) is 0 Å². The van der Waals surface area contributed by atoms with Gasteiger partial charge in [0.05, 0.1) is 19.2 Å². The van der Waals surface area contributed by atoms with E-state index in [1.165, 1.54) is 0 Å². The number of hydrogen-bond acceptors (Lipinski definition) is 6. The lowest BCUT2D eigenvalue weighted by molar-refractivity contribution is 0.414. The summed E-state index contributed by atoms with van der Waals surface area (Å²) in [5.74, 6) is 3.54. The van der Waals surface area contributed by atoms with E-state index in [2.05, 4.69) is 20.6 Å². The van der Waals surface area contributed by atoms with Gasteiger partial charge in [-0.05, 0) is 42.8 Å². The van der Waals surface area contributed by atoms with Crippen LogP contribution in [0.3, 0.4) is 0 Å². The van der Waals surface area contributed by atoms with E-state index in [0.717, 1.165) is 22.8 Å². The first-order valence-corrected chi connectivity index (χ1v) is 8.78. The highest BCUT2D eigenvalue weighted by molar-refractivity contribution is 6.32. The summed E-state index contributed by atoms with van der Waals surface area (Å²) in [4.78, 5) is 8.86. The van der Waals surface area contributed by atoms with Crippen molar-refractivity contribution in [2.45, 2.75) is 13.5 Å². The average Bonchev–Trinajstić information content (AvgIpc) is 2.66. The maximum Gasteiger partial charge on any atom is 0.137 e. The number of benzene rings is 2. The molecule has 6 nitrogen and oxygen atoms in total. The first-order valence-electron chi connectivity index (χ1n) is 8.40. The van der Waals surface area contributed by atoms with Crippen LogP contribution in [-0.2, 0) is 6.54 Å². The molecule has 3 rings (SSSR count). The Balaban J connectivity index is 1.70. The van der Waals surface area contributed by atoms with Crippen LogP contribution in [0.1, 0.15) is 11.4 Å². The summed E-state index contributed by atoms with van der Waals surface area (Å²) < 4.78 is 10.4. The van der Waals surface area contributed by atoms with Crippen molar-refractivity contribution < 1.29 is 9.47 Å². The van der Waals surface area contributed by atoms with E-state index in [-0.39, 0.29) is 0 Å². The molecule has 2 aromatic carbocycles. The van der Waals surface area contributed by atoms with Gasteiger partial charge >= 0.3 is 0 Å². The van der Waals surface area contributed by atoms with E-state index < -0.39 is 0 Å². The SMILES string of the molecule is COc1ccc(CNc2cc(Nc3ccc(OC)c(Cl)c3)nc(C)n2)cc1. The Bertz CT molecular complexity index is 916. The van der Waals surface area contributed by atoms with Gasteiger partial charge in [0, 0.05) is 18.3 Å². The summed E-state index contributed by atoms with van der Waals surface area (Å²) in [5, 5.41) is 7.09. The summed E-state index contributed by atoms with van der Waals surface area (Å²) in [5.41, 5.74) is 1.95. The van der Waals surface area contributed by atoms with Crippen molar-refractivity contribution in [3.05, 3.63) is 64.9 Å². The molecule has 7 heteroatoms. The number of ether oxygens (including phenoxy) is 2. The zero-order valence-corrected chi connectivity index (χ0v) is 16.2. The largest absolute Gasteiger partial charge is 0.497 e. The second-order valence-corrected chi connectivity index (χ2v) is 6.27. The van der Waals surface area contributed by atoms with Crippen molar-refractivity contribution in [3.63, 3.8) is 0 Å². The van der Waals surface area contributed by atoms with Crippen LogP contribution in [0.5, 0.6) is 11.5 Å². The predicted molar refractivity (Wildman–Crippen MR) is 108 cm³/mol. The van der Waals surface area contributed by atoms with Gasteiger partial charge < -0.3 is 20.1 Å². The summed E-state index contributed by atoms with van der Waals surface area (Å²) in [6.07, 6.45) is 0. The zero-order chi connectivity index (χ0) is 19.2. The summed E-state index contributed by atoms with van der Waals surface area (Å²) in [6, 6.07) is 15.2. The molecule has 0 aliphatic carbocycles. The lowest BCUT2D eigenvalue weighted by Crippen LogP contribution is -2.05. The molecule has 0 bridgehead atoms. The number of halogens is 1. The highest BCUT2D eigenvalue weighted by Crippen LogP contribution is 2.28. The van der Waals surface area contributed by atoms with Crippen molar-refractivity contribution in [3.8, 4) is 11.5 Å². The Morgan fingerprint density at radius 3 is 2.33 bits per heavy atom. The Morgan fingerprint density at radius 1 is 0.926 bits per heavy atom. The van der Waals surface area contributed by atoms with Crippen molar-refractivity contribution in [2.75, 3.05) is 24.9 Å². The van der Waals surface area contributed by atoms with Crippen molar-refractivity contribution in [2.24, 2.45) is 0 Å². The Kier molecular flexibility index (Phi) is 5.98. The molecule has 0 saturated carbocycles. The zero-order valence-electron chi connectivity index (χ0n) is 15.4. The molecule has 0 radical (unpaired) electrons. The molecular weight excluding hydrogens is 364 g/mol. The number of aromatic nitrogens is 2. The highest BCUT2D eigenvalue weighted by Gasteiger charge is 2.06. The van der Waals surface area contributed by atoms with E-state index >= 15 is 0 Å². The predicted octanol–water partition coefficient (Wildman–Crippen LogP) is 4.81. The van der Waals surface area contributed by atoms with Crippen molar-refractivity contribution in [1.82, 2.24) is 9.97 Å². The molecule has 27 heavy (non-hydrogen) atoms. The fourth-order valence-electron chi connectivity index (χ4n) is 2.55. The van der Waals surface area contributed by atoms with Gasteiger partial charge in [0.2, 0.25) is 0 Å². The summed E-state index contributed by atoms with van der Waals surface area (Å²) in [7, 11) is 3.24. The van der Waals surface area contributed by atoms with Crippen LogP contribution < -0.4 is 20.1 Å². The molecule has 0 amide bonds. The van der Waals surface area contributed by atoms with Gasteiger partial charge in [-0.25, -0.2) is 9.97 Å². The van der Waals surface area contributed by atoms with Crippen LogP contribution in [0.25, 0.3) is 0 Å². The van der Waals surface area contributed by atoms with Crippen LogP contribution in [-0.4, -0.2) is 24.2 Å². The van der Waals surface area contributed by atoms with E-state index in [1.54, 1.807) is 20.3 Å². The lowest BCUT2D eigenvalue weighted by atomic mass is 10.2. The molecule has 2 N–H and O–H groups in total. The number of hydrogen-bond donors (Lipinski definition) is 2. The first-order chi connectivity index (χ1) is 13.1. The summed E-state index contributed by atoms with van der Waals surface area (Å²) >= 11 is 6.18. The Labute approximate surface area is 163 Å². The van der Waals surface area contributed by atoms with Gasteiger partial charge in [0.1, 0.15) is 29.0 Å². The molecule has 140 valence electrons. The second-order valence-electron chi connectivity index (χ2n) is 5.86. The maximum atomic E-state index is 6.18. The van der Waals surface area contributed by atoms with E-state index in [0.29, 0.717) is 29.0 Å². The number of rotatable bonds is 7. The molecule has 3 aromatic rings. The van der Waals surface area contributed by atoms with Crippen LogP contribution in [0.15, 0.2) is 48.5 Å². The van der Waals surface area contributed by atoms with Crippen LogP contribution >= 0.6 is 11.6 Å². The van der Waals surface area contributed by atoms with Gasteiger partial charge in [0.25, 0.3) is 0 Å². The first kappa shape index (κ1) is 18.8. The minimum atomic E-state index is 0.533. The van der Waals surface area contributed by atoms with Gasteiger partial charge in [-0.1, -0.05) is 23.7 Å². The molecule has 0 fully saturated rings. The van der Waals surface area contributed by atoms with Crippen LogP contribution in [0, 0.1) is 6.92 Å². The fraction of sp³-hybridized carbons (Fsp3) is 0.200. The highest BCUT2D eigenvalue weighted by atomic mass is 35.5. The number of aryl methyl sites for hydroxylation is 1. The van der Waals surface area contributed by atoms with E-state index in [9.17, 15) is 0 Å². The molecule has 0 aliphatic heterocycles. The molecule has 0 atom stereocenters. The van der Waals surface area contributed by atoms with E-state index in [1.807, 2.05) is 49.4 Å². The third kappa shape index (κ3) is 5.01. The minimum absolute atomic E-state index is 0.533. The third-order valence-corrected chi connectivity index (χ3v) is 4.19. The molecular formula is C20H21ClN4O2. The van der Waals surface area contributed by atoms with Gasteiger partial charge in [-0.15, -0.1) is 0 Å². The van der Waals surface area contributed by atoms with Crippen LogP contribution in [0.4, 0.5) is 17.3 Å². The van der Waals surface area contributed by atoms with Gasteiger partial charge in [-0.3, -0.25) is 0 Å². The number of nitrogens with one attached hydrogen (secondary N) is 2. The van der Waals surface area contributed by atoms with Crippen LogP contribution in [0.2, 0.25) is 5.02 Å². The number of anilines is 3. The van der Waals surface area contributed by atoms with Gasteiger partial charge in [-0.2, -0.15) is 0 Å². The Morgan fingerprint density at radius 2 is 1.67 bits per heavy atom. The fourth-order valence-corrected chi connectivity index (χ4v) is 2.81. The monoisotopic (exact) mass is 384 g/mol. The molecule has 1 heterocycles. The topological polar surface area (TPSA) is 68.3 Å². The maximum absolute atomic E-state index is 6.18. The molecule has 0 aliphatic rings. The van der Waals surface area contributed by atoms with Gasteiger partial charge in [0.15, 0.2) is 0 Å². The number of methoxy groups -OCH3 is 2. The quantitative estimate of drug-likeness (QED) is 0.609. The summed E-state index contributed by atoms with van der Waals surface area (Å²) in [6.45, 7) is 2.50. The Hall–Kier alpha value is -2.99. The third-order valence-electron chi connectivity index (χ3n) is 3.89. The van der Waals surface area contributed by atoms with E-state index in [4.69, 9.17) is 21.1 Å². The molecule has 0 spiro atoms. The lowest BCUT2D eigenvalue weighted by Gasteiger charge is -2.11. The molecule has 0 saturated heterocycles. The normalized spacial score (nSPS) is 10.4. The second kappa shape index (κ2) is 8.60. The molecule has 1 aromatic heterocycles. The standard InChI is InChI=1S/C20H21ClN4O2/c1-13-23-19(22-12-14-4-7-16(26-2)8-5-14)11-20(24-13)25-15-6-9-18(27-3)17(21)10-15/h4-11H,12H2,1-3H3,(H2,22,23,24,25).